The summed E-state index contributed by atoms with van der Waals surface area (Å²) in [6.45, 7) is 10.8. The molecule has 226 valence electrons. The van der Waals surface area contributed by atoms with Gasteiger partial charge in [0.2, 0.25) is 0 Å². The molecule has 1 aliphatic carbocycles. The van der Waals surface area contributed by atoms with E-state index in [1.165, 1.54) is 23.3 Å². The van der Waals surface area contributed by atoms with Crippen molar-refractivity contribution in [2.45, 2.75) is 90.5 Å². The molecule has 0 bridgehead atoms. The van der Waals surface area contributed by atoms with Gasteiger partial charge in [-0.15, -0.1) is 11.3 Å². The fraction of sp³-hybridized carbons (Fsp3) is 0.417. The molecular weight excluding hydrogens is 556 g/mol. The van der Waals surface area contributed by atoms with E-state index in [1.807, 2.05) is 42.5 Å². The largest absolute Gasteiger partial charge is 0.480 e. The second kappa shape index (κ2) is 13.3. The van der Waals surface area contributed by atoms with Crippen LogP contribution in [-0.2, 0) is 11.2 Å². The number of carboxylic acids is 1. The van der Waals surface area contributed by atoms with Crippen LogP contribution in [0, 0.1) is 5.92 Å². The second-order valence-electron chi connectivity index (χ2n) is 12.5. The number of pyridine rings is 1. The van der Waals surface area contributed by atoms with Crippen LogP contribution in [-0.4, -0.2) is 28.0 Å². The first-order chi connectivity index (χ1) is 20.6. The summed E-state index contributed by atoms with van der Waals surface area (Å²) in [5.74, 6) is 1.41. The third-order valence-corrected chi connectivity index (χ3v) is 10.1. The lowest BCUT2D eigenvalue weighted by Crippen LogP contribution is -2.42. The van der Waals surface area contributed by atoms with Crippen molar-refractivity contribution in [3.05, 3.63) is 87.4 Å². The van der Waals surface area contributed by atoms with Gasteiger partial charge in [0.05, 0.1) is 5.69 Å². The molecule has 6 nitrogen and oxygen atoms in total. The summed E-state index contributed by atoms with van der Waals surface area (Å²) in [4.78, 5) is 32.7. The molecule has 0 radical (unpaired) electrons. The minimum atomic E-state index is -1.06. The van der Waals surface area contributed by atoms with Gasteiger partial charge >= 0.3 is 5.97 Å². The van der Waals surface area contributed by atoms with Gasteiger partial charge in [0.25, 0.3) is 5.91 Å². The lowest BCUT2D eigenvalue weighted by atomic mass is 9.87. The van der Waals surface area contributed by atoms with E-state index in [9.17, 15) is 14.7 Å². The fourth-order valence-corrected chi connectivity index (χ4v) is 7.03. The van der Waals surface area contributed by atoms with Gasteiger partial charge in [0.15, 0.2) is 0 Å². The van der Waals surface area contributed by atoms with Gasteiger partial charge in [0, 0.05) is 27.5 Å². The molecule has 2 aromatic heterocycles. The molecule has 0 spiro atoms. The number of amides is 1. The number of hydrogen-bond acceptors (Lipinski definition) is 5. The second-order valence-corrected chi connectivity index (χ2v) is 13.7. The number of nitrogens with one attached hydrogen (secondary N) is 1. The van der Waals surface area contributed by atoms with E-state index in [1.54, 1.807) is 17.4 Å². The van der Waals surface area contributed by atoms with E-state index in [0.717, 1.165) is 39.9 Å². The van der Waals surface area contributed by atoms with E-state index >= 15 is 0 Å². The molecule has 2 aromatic carbocycles. The Bertz CT molecular complexity index is 1580. The number of thiophene rings is 1. The van der Waals surface area contributed by atoms with Crippen LogP contribution < -0.4 is 10.1 Å². The van der Waals surface area contributed by atoms with Gasteiger partial charge in [-0.2, -0.15) is 0 Å². The van der Waals surface area contributed by atoms with Gasteiger partial charge in [-0.05, 0) is 84.0 Å². The number of fused-ring (bicyclic) bond motifs is 1. The summed E-state index contributed by atoms with van der Waals surface area (Å²) in [5.41, 5.74) is 2.36. The van der Waals surface area contributed by atoms with E-state index in [0.29, 0.717) is 23.5 Å². The summed E-state index contributed by atoms with van der Waals surface area (Å²) in [7, 11) is 0. The normalized spacial score (nSPS) is 15.2. The van der Waals surface area contributed by atoms with Crippen LogP contribution in [0.15, 0.2) is 60.7 Å². The zero-order chi connectivity index (χ0) is 30.7. The first-order valence-corrected chi connectivity index (χ1v) is 16.3. The van der Waals surface area contributed by atoms with Crippen molar-refractivity contribution in [1.29, 1.82) is 0 Å². The summed E-state index contributed by atoms with van der Waals surface area (Å²) in [6, 6.07) is 18.8. The van der Waals surface area contributed by atoms with Crippen LogP contribution in [0.4, 0.5) is 0 Å². The van der Waals surface area contributed by atoms with E-state index < -0.39 is 17.9 Å². The van der Waals surface area contributed by atoms with Gasteiger partial charge in [-0.1, -0.05) is 65.7 Å². The maximum Gasteiger partial charge on any atom is 0.326 e. The Balaban J connectivity index is 1.44. The molecule has 7 heteroatoms. The number of ether oxygens (including phenoxy) is 1. The average molecular weight is 599 g/mol. The van der Waals surface area contributed by atoms with Crippen molar-refractivity contribution in [3.63, 3.8) is 0 Å². The molecule has 0 aliphatic heterocycles. The number of hydrogen-bond donors (Lipinski definition) is 2. The first-order valence-electron chi connectivity index (χ1n) is 15.4. The topological polar surface area (TPSA) is 88.5 Å². The van der Waals surface area contributed by atoms with Crippen LogP contribution in [0.5, 0.6) is 11.5 Å². The van der Waals surface area contributed by atoms with Crippen molar-refractivity contribution in [2.75, 3.05) is 0 Å². The fourth-order valence-electron chi connectivity index (χ4n) is 5.97. The van der Waals surface area contributed by atoms with Crippen LogP contribution in [0.1, 0.15) is 110 Å². The molecule has 1 saturated carbocycles. The number of carbonyl (C=O) groups is 2. The monoisotopic (exact) mass is 598 g/mol. The minimum Gasteiger partial charge on any atom is -0.480 e. The Morgan fingerprint density at radius 2 is 1.63 bits per heavy atom. The Hall–Kier alpha value is -3.71. The molecule has 1 unspecified atom stereocenters. The van der Waals surface area contributed by atoms with Gasteiger partial charge in [-0.25, -0.2) is 9.78 Å². The van der Waals surface area contributed by atoms with E-state index in [2.05, 4.69) is 52.1 Å². The summed E-state index contributed by atoms with van der Waals surface area (Å²) >= 11 is 1.59. The van der Waals surface area contributed by atoms with E-state index in [-0.39, 0.29) is 18.0 Å². The molecule has 2 heterocycles. The number of carboxylic acid groups (broad SMARTS) is 1. The first kappa shape index (κ1) is 30.7. The lowest BCUT2D eigenvalue weighted by Gasteiger charge is -2.22. The highest BCUT2D eigenvalue weighted by atomic mass is 32.1. The Morgan fingerprint density at radius 1 is 0.930 bits per heavy atom. The summed E-state index contributed by atoms with van der Waals surface area (Å²) < 4.78 is 6.24. The van der Waals surface area contributed by atoms with E-state index in [4.69, 9.17) is 9.72 Å². The quantitative estimate of drug-likeness (QED) is 0.180. The van der Waals surface area contributed by atoms with Crippen molar-refractivity contribution in [2.24, 2.45) is 5.92 Å². The van der Waals surface area contributed by atoms with Crippen molar-refractivity contribution in [1.82, 2.24) is 10.3 Å². The molecule has 1 amide bonds. The average Bonchev–Trinajstić information content (AvgIpc) is 3.69. The maximum atomic E-state index is 13.5. The molecule has 2 atom stereocenters. The SMILES string of the molecule is CC(C)c1ccc(Oc2ccc3cc(C(=O)N[C@@H](Cc4ccc(C(C)C)s4)C(=O)O)nc(C(C)C4CCCC4)c3c2)cc1. The molecule has 2 N–H and O–H groups in total. The highest BCUT2D eigenvalue weighted by molar-refractivity contribution is 7.12. The zero-order valence-electron chi connectivity index (χ0n) is 25.7. The van der Waals surface area contributed by atoms with Crippen LogP contribution in [0.3, 0.4) is 0 Å². The van der Waals surface area contributed by atoms with Gasteiger partial charge in [-0.3, -0.25) is 4.79 Å². The number of aromatic nitrogens is 1. The predicted molar refractivity (Wildman–Crippen MR) is 174 cm³/mol. The van der Waals surface area contributed by atoms with Crippen molar-refractivity contribution in [3.8, 4) is 11.5 Å². The van der Waals surface area contributed by atoms with Gasteiger partial charge < -0.3 is 15.2 Å². The molecule has 1 fully saturated rings. The Kier molecular flexibility index (Phi) is 9.50. The molecule has 1 aliphatic rings. The number of nitrogens with zero attached hydrogens (tertiary/aromatic N) is 1. The molecule has 43 heavy (non-hydrogen) atoms. The predicted octanol–water partition coefficient (Wildman–Crippen LogP) is 9.05. The number of carbonyl (C=O) groups excluding carboxylic acids is 1. The molecule has 5 rings (SSSR count). The zero-order valence-corrected chi connectivity index (χ0v) is 26.5. The molecule has 0 saturated heterocycles. The highest BCUT2D eigenvalue weighted by Gasteiger charge is 2.28. The standard InChI is InChI=1S/C36H42N2O4S/c1-21(2)24-10-13-27(14-11-24)42-28-15-12-26-18-31(37-34(30(26)19-28)23(5)25-8-6-7-9-25)35(39)38-32(36(40)41)20-29-16-17-33(43-29)22(3)4/h10-19,21-23,25,32H,6-9,20H2,1-5H3,(H,38,39)(H,40,41)/t23?,32-/m0/s1. The van der Waals surface area contributed by atoms with Crippen LogP contribution in [0.25, 0.3) is 10.8 Å². The van der Waals surface area contributed by atoms with Crippen molar-refractivity contribution < 1.29 is 19.4 Å². The van der Waals surface area contributed by atoms with Crippen molar-refractivity contribution >= 4 is 34.0 Å². The molecular formula is C36H42N2O4S. The third-order valence-electron chi connectivity index (χ3n) is 8.65. The number of aliphatic carboxylic acids is 1. The summed E-state index contributed by atoms with van der Waals surface area (Å²) in [5, 5.41) is 14.6. The van der Waals surface area contributed by atoms with Crippen LogP contribution in [0.2, 0.25) is 0 Å². The highest BCUT2D eigenvalue weighted by Crippen LogP contribution is 2.40. The summed E-state index contributed by atoms with van der Waals surface area (Å²) in [6.07, 6.45) is 4.92. The van der Waals surface area contributed by atoms with Crippen LogP contribution >= 0.6 is 11.3 Å². The Morgan fingerprint density at radius 3 is 2.26 bits per heavy atom. The number of benzene rings is 2. The minimum absolute atomic E-state index is 0.147. The third kappa shape index (κ3) is 7.27. The maximum absolute atomic E-state index is 13.5. The smallest absolute Gasteiger partial charge is 0.326 e. The molecule has 4 aromatic rings. The number of rotatable bonds is 11. The Labute approximate surface area is 258 Å². The lowest BCUT2D eigenvalue weighted by molar-refractivity contribution is -0.139. The van der Waals surface area contributed by atoms with Gasteiger partial charge in [0.1, 0.15) is 23.2 Å².